The maximum absolute atomic E-state index is 13.1. The minimum atomic E-state index is -3.92. The Bertz CT molecular complexity index is 1740. The number of hydrogen-bond donors (Lipinski definition) is 1. The van der Waals surface area contributed by atoms with E-state index in [0.717, 1.165) is 20.8 Å². The number of sulfone groups is 1. The fourth-order valence-corrected chi connectivity index (χ4v) is 6.77. The highest BCUT2D eigenvalue weighted by atomic mass is 32.2. The highest BCUT2D eigenvalue weighted by Crippen LogP contribution is 2.35. The Balaban J connectivity index is 1.27. The molecular weight excluding hydrogens is 480 g/mol. The summed E-state index contributed by atoms with van der Waals surface area (Å²) in [6.45, 7) is 0. The van der Waals surface area contributed by atoms with Gasteiger partial charge in [-0.05, 0) is 66.7 Å². The average molecular weight is 497 g/mol. The molecule has 0 spiro atoms. The van der Waals surface area contributed by atoms with Gasteiger partial charge < -0.3 is 5.32 Å². The molecule has 1 aliphatic rings. The molecular formula is C27H16N2O4S2. The highest BCUT2D eigenvalue weighted by molar-refractivity contribution is 7.91. The van der Waals surface area contributed by atoms with Crippen molar-refractivity contribution in [2.75, 3.05) is 5.32 Å². The van der Waals surface area contributed by atoms with Gasteiger partial charge in [-0.1, -0.05) is 24.3 Å². The van der Waals surface area contributed by atoms with Crippen LogP contribution < -0.4 is 5.32 Å². The first kappa shape index (κ1) is 21.4. The van der Waals surface area contributed by atoms with E-state index in [2.05, 4.69) is 10.3 Å². The van der Waals surface area contributed by atoms with Gasteiger partial charge in [0.05, 0.1) is 20.0 Å². The predicted octanol–water partition coefficient (Wildman–Crippen LogP) is 5.59. The van der Waals surface area contributed by atoms with Crippen LogP contribution in [0.3, 0.4) is 0 Å². The lowest BCUT2D eigenvalue weighted by atomic mass is 10.0. The Morgan fingerprint density at radius 2 is 1.51 bits per heavy atom. The molecule has 0 radical (unpaired) electrons. The van der Waals surface area contributed by atoms with Gasteiger partial charge in [-0.3, -0.25) is 9.59 Å². The first-order chi connectivity index (χ1) is 16.9. The molecule has 1 aromatic heterocycles. The van der Waals surface area contributed by atoms with Crippen LogP contribution in [0.2, 0.25) is 0 Å². The lowest BCUT2D eigenvalue weighted by Gasteiger charge is -2.19. The molecule has 35 heavy (non-hydrogen) atoms. The summed E-state index contributed by atoms with van der Waals surface area (Å²) in [5.41, 5.74) is 2.79. The van der Waals surface area contributed by atoms with Gasteiger partial charge in [-0.2, -0.15) is 0 Å². The maximum Gasteiger partial charge on any atom is 0.255 e. The van der Waals surface area contributed by atoms with Crippen molar-refractivity contribution in [3.63, 3.8) is 0 Å². The van der Waals surface area contributed by atoms with Gasteiger partial charge in [-0.15, -0.1) is 11.3 Å². The van der Waals surface area contributed by atoms with Crippen LogP contribution >= 0.6 is 11.3 Å². The van der Waals surface area contributed by atoms with Gasteiger partial charge in [0.1, 0.15) is 5.01 Å². The van der Waals surface area contributed by atoms with Crippen LogP contribution in [0, 0.1) is 0 Å². The summed E-state index contributed by atoms with van der Waals surface area (Å²) in [7, 11) is -3.92. The minimum Gasteiger partial charge on any atom is -0.322 e. The molecule has 2 heterocycles. The van der Waals surface area contributed by atoms with E-state index in [1.165, 1.54) is 30.3 Å². The van der Waals surface area contributed by atoms with Gasteiger partial charge in [0.25, 0.3) is 5.91 Å². The molecule has 1 amide bonds. The normalized spacial score (nSPS) is 13.8. The zero-order chi connectivity index (χ0) is 24.2. The van der Waals surface area contributed by atoms with Crippen LogP contribution in [0.1, 0.15) is 26.3 Å². The Hall–Kier alpha value is -4.14. The van der Waals surface area contributed by atoms with Crippen LogP contribution in [0.15, 0.2) is 101 Å². The van der Waals surface area contributed by atoms with Gasteiger partial charge >= 0.3 is 0 Å². The number of amides is 1. The number of rotatable bonds is 3. The summed E-state index contributed by atoms with van der Waals surface area (Å²) < 4.78 is 27.3. The number of nitrogens with zero attached hydrogens (tertiary/aromatic N) is 1. The molecule has 0 saturated carbocycles. The van der Waals surface area contributed by atoms with Crippen molar-refractivity contribution >= 4 is 48.8 Å². The van der Waals surface area contributed by atoms with Gasteiger partial charge in [-0.25, -0.2) is 13.4 Å². The molecule has 5 aromatic rings. The number of nitrogens with one attached hydrogen (secondary N) is 1. The molecule has 0 bridgehead atoms. The molecule has 0 fully saturated rings. The quantitative estimate of drug-likeness (QED) is 0.345. The molecule has 170 valence electrons. The summed E-state index contributed by atoms with van der Waals surface area (Å²) in [4.78, 5) is 30.2. The molecule has 0 saturated heterocycles. The van der Waals surface area contributed by atoms with Crippen molar-refractivity contribution in [2.45, 2.75) is 9.79 Å². The van der Waals surface area contributed by atoms with Crippen molar-refractivity contribution in [3.05, 3.63) is 108 Å². The number of anilines is 1. The van der Waals surface area contributed by atoms with E-state index < -0.39 is 15.7 Å². The van der Waals surface area contributed by atoms with Crippen LogP contribution in [0.25, 0.3) is 20.8 Å². The van der Waals surface area contributed by atoms with Crippen LogP contribution in [0.5, 0.6) is 0 Å². The molecule has 6 nitrogen and oxygen atoms in total. The van der Waals surface area contributed by atoms with E-state index in [-0.39, 0.29) is 32.3 Å². The largest absolute Gasteiger partial charge is 0.322 e. The smallest absolute Gasteiger partial charge is 0.255 e. The van der Waals surface area contributed by atoms with Crippen molar-refractivity contribution < 1.29 is 18.0 Å². The van der Waals surface area contributed by atoms with E-state index in [1.807, 2.05) is 36.4 Å². The number of carbonyl (C=O) groups excluding carboxylic acids is 2. The lowest BCUT2D eigenvalue weighted by molar-refractivity contribution is 0.101. The molecule has 0 atom stereocenters. The maximum atomic E-state index is 13.1. The summed E-state index contributed by atoms with van der Waals surface area (Å²) in [6, 6.07) is 25.4. The number of fused-ring (bicyclic) bond motifs is 3. The molecule has 0 unspecified atom stereocenters. The van der Waals surface area contributed by atoms with Crippen LogP contribution in [-0.4, -0.2) is 25.1 Å². The molecule has 1 N–H and O–H groups in total. The third-order valence-electron chi connectivity index (χ3n) is 5.88. The topological polar surface area (TPSA) is 93.2 Å². The highest BCUT2D eigenvalue weighted by Gasteiger charge is 2.35. The molecule has 4 aromatic carbocycles. The predicted molar refractivity (Wildman–Crippen MR) is 135 cm³/mol. The second-order valence-electron chi connectivity index (χ2n) is 8.06. The third-order valence-corrected chi connectivity index (χ3v) is 8.82. The fraction of sp³-hybridized carbons (Fsp3) is 0. The third kappa shape index (κ3) is 3.54. The number of thiazole rings is 1. The fourth-order valence-electron chi connectivity index (χ4n) is 4.12. The molecule has 6 rings (SSSR count). The zero-order valence-corrected chi connectivity index (χ0v) is 19.7. The molecule has 1 aliphatic heterocycles. The molecule has 8 heteroatoms. The van der Waals surface area contributed by atoms with E-state index in [9.17, 15) is 18.0 Å². The number of carbonyl (C=O) groups is 2. The van der Waals surface area contributed by atoms with Gasteiger partial charge in [0.15, 0.2) is 5.78 Å². The summed E-state index contributed by atoms with van der Waals surface area (Å²) in [5.74, 6) is -0.843. The zero-order valence-electron chi connectivity index (χ0n) is 18.1. The SMILES string of the molecule is O=C(Nc1ccc(-c2nc3ccccc3s2)cc1)c1ccc2c(c1)S(=O)(=O)c1ccccc1C2=O. The van der Waals surface area contributed by atoms with E-state index in [0.29, 0.717) is 5.69 Å². The van der Waals surface area contributed by atoms with Gasteiger partial charge in [0.2, 0.25) is 9.84 Å². The van der Waals surface area contributed by atoms with Crippen molar-refractivity contribution in [1.29, 1.82) is 0 Å². The number of para-hydroxylation sites is 1. The van der Waals surface area contributed by atoms with Crippen molar-refractivity contribution in [1.82, 2.24) is 4.98 Å². The Morgan fingerprint density at radius 1 is 0.800 bits per heavy atom. The second-order valence-corrected chi connectivity index (χ2v) is 11.0. The van der Waals surface area contributed by atoms with E-state index in [1.54, 1.807) is 35.6 Å². The number of ketones is 1. The summed E-state index contributed by atoms with van der Waals surface area (Å²) >= 11 is 1.59. The minimum absolute atomic E-state index is 0.0412. The van der Waals surface area contributed by atoms with E-state index in [4.69, 9.17) is 0 Å². The standard InChI is InChI=1S/C27H16N2O4S2/c30-25-19-5-1-4-8-23(19)35(32,33)24-15-17(11-14-20(24)25)26(31)28-18-12-9-16(10-13-18)27-29-21-6-2-3-7-22(21)34-27/h1-15H,(H,28,31). The Kier molecular flexibility index (Phi) is 4.87. The summed E-state index contributed by atoms with van der Waals surface area (Å²) in [5, 5.41) is 3.68. The van der Waals surface area contributed by atoms with Crippen molar-refractivity contribution in [2.24, 2.45) is 0 Å². The van der Waals surface area contributed by atoms with Crippen molar-refractivity contribution in [3.8, 4) is 10.6 Å². The van der Waals surface area contributed by atoms with E-state index >= 15 is 0 Å². The lowest BCUT2D eigenvalue weighted by Crippen LogP contribution is -2.21. The number of aromatic nitrogens is 1. The van der Waals surface area contributed by atoms with Gasteiger partial charge in [0, 0.05) is 27.9 Å². The van der Waals surface area contributed by atoms with Crippen LogP contribution in [0.4, 0.5) is 5.69 Å². The first-order valence-corrected chi connectivity index (χ1v) is 13.0. The number of benzene rings is 4. The Labute approximate surface area is 204 Å². The molecule has 0 aliphatic carbocycles. The van der Waals surface area contributed by atoms with Crippen LogP contribution in [-0.2, 0) is 9.84 Å². The first-order valence-electron chi connectivity index (χ1n) is 10.7. The number of hydrogen-bond acceptors (Lipinski definition) is 6. The second kappa shape index (κ2) is 7.97. The average Bonchev–Trinajstić information content (AvgIpc) is 3.32. The Morgan fingerprint density at radius 3 is 2.31 bits per heavy atom. The monoisotopic (exact) mass is 496 g/mol. The summed E-state index contributed by atoms with van der Waals surface area (Å²) in [6.07, 6.45) is 0.